The minimum absolute atomic E-state index is 0.791. The molecule has 2 fully saturated rings. The van der Waals surface area contributed by atoms with E-state index in [1.165, 1.54) is 45.2 Å². The molecule has 1 aliphatic carbocycles. The molecule has 0 amide bonds. The summed E-state index contributed by atoms with van der Waals surface area (Å²) in [6.07, 6.45) is 6.91. The highest BCUT2D eigenvalue weighted by atomic mass is 15.1. The molecule has 0 aromatic heterocycles. The SMILES string of the molecule is CCC1CCC(NC2CCN(C)CC2)C1C. The second kappa shape index (κ2) is 5.50. The molecule has 0 radical (unpaired) electrons. The van der Waals surface area contributed by atoms with Gasteiger partial charge in [-0.05, 0) is 57.7 Å². The number of rotatable bonds is 3. The Morgan fingerprint density at radius 1 is 1.12 bits per heavy atom. The van der Waals surface area contributed by atoms with Crippen LogP contribution in [0.25, 0.3) is 0 Å². The van der Waals surface area contributed by atoms with Gasteiger partial charge in [-0.2, -0.15) is 0 Å². The Balaban J connectivity index is 1.77. The average Bonchev–Trinajstić information content (AvgIpc) is 2.63. The van der Waals surface area contributed by atoms with Gasteiger partial charge in [0.25, 0.3) is 0 Å². The summed E-state index contributed by atoms with van der Waals surface area (Å²) < 4.78 is 0. The van der Waals surface area contributed by atoms with E-state index in [1.807, 2.05) is 0 Å². The van der Waals surface area contributed by atoms with Crippen molar-refractivity contribution in [1.82, 2.24) is 10.2 Å². The Morgan fingerprint density at radius 3 is 2.38 bits per heavy atom. The summed E-state index contributed by atoms with van der Waals surface area (Å²) >= 11 is 0. The third kappa shape index (κ3) is 2.78. The van der Waals surface area contributed by atoms with Crippen LogP contribution in [0.4, 0.5) is 0 Å². The zero-order valence-electron chi connectivity index (χ0n) is 11.2. The van der Waals surface area contributed by atoms with Crippen LogP contribution in [0.15, 0.2) is 0 Å². The van der Waals surface area contributed by atoms with E-state index in [-0.39, 0.29) is 0 Å². The smallest absolute Gasteiger partial charge is 0.00980 e. The number of hydrogen-bond donors (Lipinski definition) is 1. The maximum Gasteiger partial charge on any atom is 0.00980 e. The zero-order chi connectivity index (χ0) is 11.5. The Bertz CT molecular complexity index is 209. The molecule has 94 valence electrons. The highest BCUT2D eigenvalue weighted by Gasteiger charge is 2.32. The van der Waals surface area contributed by atoms with Gasteiger partial charge in [0.2, 0.25) is 0 Å². The Morgan fingerprint density at radius 2 is 1.81 bits per heavy atom. The largest absolute Gasteiger partial charge is 0.311 e. The molecule has 1 heterocycles. The Labute approximate surface area is 101 Å². The summed E-state index contributed by atoms with van der Waals surface area (Å²) in [5.74, 6) is 1.87. The van der Waals surface area contributed by atoms with Crippen molar-refractivity contribution in [3.8, 4) is 0 Å². The topological polar surface area (TPSA) is 15.3 Å². The highest BCUT2D eigenvalue weighted by molar-refractivity contribution is 4.89. The van der Waals surface area contributed by atoms with Gasteiger partial charge < -0.3 is 10.2 Å². The summed E-state index contributed by atoms with van der Waals surface area (Å²) in [5.41, 5.74) is 0. The van der Waals surface area contributed by atoms with Gasteiger partial charge in [0.15, 0.2) is 0 Å². The predicted molar refractivity (Wildman–Crippen MR) is 69.6 cm³/mol. The van der Waals surface area contributed by atoms with E-state index < -0.39 is 0 Å². The summed E-state index contributed by atoms with van der Waals surface area (Å²) in [5, 5.41) is 3.93. The minimum Gasteiger partial charge on any atom is -0.311 e. The molecule has 2 nitrogen and oxygen atoms in total. The van der Waals surface area contributed by atoms with E-state index in [4.69, 9.17) is 0 Å². The van der Waals surface area contributed by atoms with Crippen molar-refractivity contribution in [2.24, 2.45) is 11.8 Å². The van der Waals surface area contributed by atoms with Gasteiger partial charge >= 0.3 is 0 Å². The van der Waals surface area contributed by atoms with Crippen molar-refractivity contribution in [3.63, 3.8) is 0 Å². The van der Waals surface area contributed by atoms with Crippen molar-refractivity contribution in [2.75, 3.05) is 20.1 Å². The second-order valence-electron chi connectivity index (χ2n) is 5.96. The first-order chi connectivity index (χ1) is 7.70. The van der Waals surface area contributed by atoms with Gasteiger partial charge in [0.1, 0.15) is 0 Å². The van der Waals surface area contributed by atoms with Crippen LogP contribution in [0, 0.1) is 11.8 Å². The summed E-state index contributed by atoms with van der Waals surface area (Å²) in [4.78, 5) is 2.45. The fraction of sp³-hybridized carbons (Fsp3) is 1.00. The molecule has 1 N–H and O–H groups in total. The average molecular weight is 224 g/mol. The first kappa shape index (κ1) is 12.4. The maximum absolute atomic E-state index is 3.93. The first-order valence-corrected chi connectivity index (χ1v) is 7.15. The lowest BCUT2D eigenvalue weighted by atomic mass is 9.92. The first-order valence-electron chi connectivity index (χ1n) is 7.15. The van der Waals surface area contributed by atoms with Gasteiger partial charge in [-0.15, -0.1) is 0 Å². The van der Waals surface area contributed by atoms with E-state index in [9.17, 15) is 0 Å². The van der Waals surface area contributed by atoms with Crippen molar-refractivity contribution < 1.29 is 0 Å². The lowest BCUT2D eigenvalue weighted by molar-refractivity contribution is 0.212. The number of nitrogens with zero attached hydrogens (tertiary/aromatic N) is 1. The van der Waals surface area contributed by atoms with E-state index in [1.54, 1.807) is 0 Å². The van der Waals surface area contributed by atoms with Crippen LogP contribution in [-0.2, 0) is 0 Å². The molecule has 1 aliphatic heterocycles. The van der Waals surface area contributed by atoms with Crippen molar-refractivity contribution in [1.29, 1.82) is 0 Å². The molecule has 3 atom stereocenters. The molecule has 0 spiro atoms. The fourth-order valence-corrected chi connectivity index (χ4v) is 3.54. The molecule has 1 saturated carbocycles. The second-order valence-corrected chi connectivity index (χ2v) is 5.96. The van der Waals surface area contributed by atoms with Crippen molar-refractivity contribution in [2.45, 2.75) is 58.0 Å². The highest BCUT2D eigenvalue weighted by Crippen LogP contribution is 2.34. The third-order valence-corrected chi connectivity index (χ3v) is 4.92. The molecule has 16 heavy (non-hydrogen) atoms. The Kier molecular flexibility index (Phi) is 4.26. The summed E-state index contributed by atoms with van der Waals surface area (Å²) in [7, 11) is 2.24. The van der Waals surface area contributed by atoms with E-state index >= 15 is 0 Å². The molecule has 0 aromatic rings. The molecule has 2 aliphatic rings. The maximum atomic E-state index is 3.93. The van der Waals surface area contributed by atoms with Crippen LogP contribution in [0.2, 0.25) is 0 Å². The van der Waals surface area contributed by atoms with E-state index in [0.717, 1.165) is 23.9 Å². The fourth-order valence-electron chi connectivity index (χ4n) is 3.54. The van der Waals surface area contributed by atoms with Gasteiger partial charge in [0.05, 0.1) is 0 Å². The summed E-state index contributed by atoms with van der Waals surface area (Å²) in [6, 6.07) is 1.60. The number of hydrogen-bond acceptors (Lipinski definition) is 2. The van der Waals surface area contributed by atoms with Gasteiger partial charge in [-0.25, -0.2) is 0 Å². The Hall–Kier alpha value is -0.0800. The van der Waals surface area contributed by atoms with Crippen LogP contribution in [0.3, 0.4) is 0 Å². The van der Waals surface area contributed by atoms with Crippen molar-refractivity contribution in [3.05, 3.63) is 0 Å². The molecular weight excluding hydrogens is 196 g/mol. The van der Waals surface area contributed by atoms with Gasteiger partial charge in [-0.3, -0.25) is 0 Å². The monoisotopic (exact) mass is 224 g/mol. The number of likely N-dealkylation sites (tertiary alicyclic amines) is 1. The molecule has 0 aromatic carbocycles. The normalized spacial score (nSPS) is 38.1. The molecular formula is C14H28N2. The predicted octanol–water partition coefficient (Wildman–Crippen LogP) is 2.49. The lowest BCUT2D eigenvalue weighted by Crippen LogP contribution is -2.46. The molecule has 0 bridgehead atoms. The molecule has 3 unspecified atom stereocenters. The van der Waals surface area contributed by atoms with Crippen LogP contribution in [0.5, 0.6) is 0 Å². The van der Waals surface area contributed by atoms with Crippen LogP contribution in [0.1, 0.15) is 46.0 Å². The van der Waals surface area contributed by atoms with Crippen LogP contribution >= 0.6 is 0 Å². The van der Waals surface area contributed by atoms with Crippen LogP contribution in [-0.4, -0.2) is 37.1 Å². The number of nitrogens with one attached hydrogen (secondary N) is 1. The summed E-state index contributed by atoms with van der Waals surface area (Å²) in [6.45, 7) is 7.35. The van der Waals surface area contributed by atoms with Gasteiger partial charge in [-0.1, -0.05) is 20.3 Å². The standard InChI is InChI=1S/C14H28N2/c1-4-12-5-6-14(11(12)2)15-13-7-9-16(3)10-8-13/h11-15H,4-10H2,1-3H3. The number of piperidine rings is 1. The molecule has 2 heteroatoms. The zero-order valence-corrected chi connectivity index (χ0v) is 11.2. The lowest BCUT2D eigenvalue weighted by Gasteiger charge is -2.33. The quantitative estimate of drug-likeness (QED) is 0.792. The van der Waals surface area contributed by atoms with Gasteiger partial charge in [0, 0.05) is 12.1 Å². The minimum atomic E-state index is 0.791. The molecule has 2 rings (SSSR count). The third-order valence-electron chi connectivity index (χ3n) is 4.92. The van der Waals surface area contributed by atoms with Crippen molar-refractivity contribution >= 4 is 0 Å². The van der Waals surface area contributed by atoms with E-state index in [2.05, 4.69) is 31.1 Å². The van der Waals surface area contributed by atoms with E-state index in [0.29, 0.717) is 0 Å². The molecule has 1 saturated heterocycles. The van der Waals surface area contributed by atoms with Crippen LogP contribution < -0.4 is 5.32 Å².